The van der Waals surface area contributed by atoms with Gasteiger partial charge >= 0.3 is 0 Å². The highest BCUT2D eigenvalue weighted by Gasteiger charge is 2.46. The molecule has 0 saturated carbocycles. The van der Waals surface area contributed by atoms with Crippen molar-refractivity contribution in [3.63, 3.8) is 0 Å². The van der Waals surface area contributed by atoms with Gasteiger partial charge in [0, 0.05) is 10.8 Å². The molecule has 0 nitrogen and oxygen atoms in total. The van der Waals surface area contributed by atoms with Crippen LogP contribution in [0.5, 0.6) is 0 Å². The first kappa shape index (κ1) is 44.8. The highest BCUT2D eigenvalue weighted by atomic mass is 28.3. The van der Waals surface area contributed by atoms with E-state index < -0.39 is 8.07 Å². The molecule has 0 aliphatic heterocycles. The van der Waals surface area contributed by atoms with Crippen molar-refractivity contribution in [3.05, 3.63) is 216 Å². The second-order valence-corrected chi connectivity index (χ2v) is 23.6. The van der Waals surface area contributed by atoms with E-state index in [9.17, 15) is 0 Å². The summed E-state index contributed by atoms with van der Waals surface area (Å²) < 4.78 is 0. The van der Waals surface area contributed by atoms with Crippen LogP contribution in [0.15, 0.2) is 194 Å². The molecule has 2 aliphatic carbocycles. The van der Waals surface area contributed by atoms with Gasteiger partial charge in [0.25, 0.3) is 0 Å². The molecule has 336 valence electrons. The molecule has 0 unspecified atom stereocenters. The smallest absolute Gasteiger partial charge is 0.0654 e. The van der Waals surface area contributed by atoms with E-state index in [1.807, 2.05) is 0 Å². The molecule has 0 aromatic heterocycles. The van der Waals surface area contributed by atoms with Crippen LogP contribution < -0.4 is 20.7 Å². The van der Waals surface area contributed by atoms with Crippen LogP contribution in [0.1, 0.15) is 127 Å². The third-order valence-electron chi connectivity index (χ3n) is 16.1. The van der Waals surface area contributed by atoms with Gasteiger partial charge < -0.3 is 0 Å². The Kier molecular flexibility index (Phi) is 12.9. The molecule has 0 spiro atoms. The van der Waals surface area contributed by atoms with E-state index in [4.69, 9.17) is 0 Å². The maximum absolute atomic E-state index is 2.82. The van der Waals surface area contributed by atoms with Crippen LogP contribution in [0.4, 0.5) is 0 Å². The molecule has 0 atom stereocenters. The molecule has 0 N–H and O–H groups in total. The van der Waals surface area contributed by atoms with Crippen molar-refractivity contribution < 1.29 is 0 Å². The minimum absolute atomic E-state index is 0.0227. The van der Waals surface area contributed by atoms with E-state index in [0.29, 0.717) is 0 Å². The summed E-state index contributed by atoms with van der Waals surface area (Å²) in [5, 5.41) is 5.64. The molecule has 0 heterocycles. The standard InChI is InChI=1S/C66H68Si/c1-5-9-45-65(46-10-6-2)61-35-21-19-29-57(61)59-33-23-31-55(63(59)65)49-37-41-53(42-38-49)67(51-25-15-13-16-26-51,52-27-17-14-18-28-52)54-43-39-50(40-44-54)56-32-24-34-60-58-30-20-22-36-62(58)66(64(56)60,47-11-7-3)48-12-8-4/h13-44H,5-12,45-48H2,1-4H3. The van der Waals surface area contributed by atoms with Crippen molar-refractivity contribution in [2.75, 3.05) is 0 Å². The van der Waals surface area contributed by atoms with E-state index in [1.165, 1.54) is 153 Å². The van der Waals surface area contributed by atoms with Crippen LogP contribution in [-0.2, 0) is 10.8 Å². The van der Waals surface area contributed by atoms with Gasteiger partial charge in [-0.1, -0.05) is 273 Å². The Morgan fingerprint density at radius 3 is 0.940 bits per heavy atom. The monoisotopic (exact) mass is 889 g/mol. The molecule has 0 saturated heterocycles. The van der Waals surface area contributed by atoms with Crippen molar-refractivity contribution in [1.29, 1.82) is 0 Å². The summed E-state index contributed by atoms with van der Waals surface area (Å²) in [5.74, 6) is 0. The SMILES string of the molecule is CCCCC1(CCCC)c2ccccc2-c2cccc(-c3ccc([Si](c4ccccc4)(c4ccccc4)c4ccc(-c5cccc6c5C(CCCC)(CCCC)c5ccccc5-6)cc4)cc3)c21. The summed E-state index contributed by atoms with van der Waals surface area (Å²) in [6.45, 7) is 9.40. The molecule has 10 rings (SSSR count). The van der Waals surface area contributed by atoms with Gasteiger partial charge in [-0.05, 0) is 113 Å². The van der Waals surface area contributed by atoms with Gasteiger partial charge in [-0.3, -0.25) is 0 Å². The van der Waals surface area contributed by atoms with Crippen molar-refractivity contribution in [2.45, 2.75) is 116 Å². The van der Waals surface area contributed by atoms with Gasteiger partial charge in [-0.15, -0.1) is 0 Å². The van der Waals surface area contributed by atoms with E-state index in [-0.39, 0.29) is 10.8 Å². The zero-order valence-electron chi connectivity index (χ0n) is 40.5. The first-order chi connectivity index (χ1) is 33.1. The van der Waals surface area contributed by atoms with Crippen LogP contribution in [0, 0.1) is 0 Å². The van der Waals surface area contributed by atoms with E-state index >= 15 is 0 Å². The fraction of sp³-hybridized carbons (Fsp3) is 0.273. The lowest BCUT2D eigenvalue weighted by Gasteiger charge is -2.36. The number of fused-ring (bicyclic) bond motifs is 6. The Hall–Kier alpha value is -6.02. The third kappa shape index (κ3) is 7.50. The number of benzene rings is 8. The van der Waals surface area contributed by atoms with Gasteiger partial charge in [-0.25, -0.2) is 0 Å². The third-order valence-corrected chi connectivity index (χ3v) is 20.8. The minimum atomic E-state index is -2.82. The van der Waals surface area contributed by atoms with E-state index in [0.717, 1.165) is 0 Å². The highest BCUT2D eigenvalue weighted by molar-refractivity contribution is 7.19. The largest absolute Gasteiger partial charge is 0.179 e. The van der Waals surface area contributed by atoms with Crippen LogP contribution in [-0.4, -0.2) is 8.07 Å². The Morgan fingerprint density at radius 2 is 0.582 bits per heavy atom. The van der Waals surface area contributed by atoms with Crippen molar-refractivity contribution >= 4 is 28.8 Å². The van der Waals surface area contributed by atoms with Crippen LogP contribution in [0.2, 0.25) is 0 Å². The average molecular weight is 889 g/mol. The Bertz CT molecular complexity index is 2720. The Labute approximate surface area is 403 Å². The predicted molar refractivity (Wildman–Crippen MR) is 291 cm³/mol. The van der Waals surface area contributed by atoms with Gasteiger partial charge in [0.2, 0.25) is 0 Å². The van der Waals surface area contributed by atoms with Gasteiger partial charge in [0.1, 0.15) is 0 Å². The summed E-state index contributed by atoms with van der Waals surface area (Å²) in [6.07, 6.45) is 14.5. The van der Waals surface area contributed by atoms with Gasteiger partial charge in [0.15, 0.2) is 8.07 Å². The second kappa shape index (κ2) is 19.3. The number of hydrogen-bond acceptors (Lipinski definition) is 0. The van der Waals surface area contributed by atoms with E-state index in [1.54, 1.807) is 11.1 Å². The molecular weight excluding hydrogens is 821 g/mol. The fourth-order valence-corrected chi connectivity index (χ4v) is 17.7. The van der Waals surface area contributed by atoms with Crippen molar-refractivity contribution in [2.24, 2.45) is 0 Å². The lowest BCUT2D eigenvalue weighted by atomic mass is 9.69. The first-order valence-corrected chi connectivity index (χ1v) is 27.8. The summed E-state index contributed by atoms with van der Waals surface area (Å²) >= 11 is 0. The Morgan fingerprint density at radius 1 is 0.284 bits per heavy atom. The van der Waals surface area contributed by atoms with Crippen molar-refractivity contribution in [1.82, 2.24) is 0 Å². The summed E-state index contributed by atoms with van der Waals surface area (Å²) in [6, 6.07) is 75.8. The Balaban J connectivity index is 1.13. The molecule has 0 radical (unpaired) electrons. The molecular formula is C66H68Si. The molecule has 0 fully saturated rings. The topological polar surface area (TPSA) is 0 Å². The number of unbranched alkanes of at least 4 members (excludes halogenated alkanes) is 4. The average Bonchev–Trinajstić information content (AvgIpc) is 3.84. The fourth-order valence-electron chi connectivity index (χ4n) is 13.0. The lowest BCUT2D eigenvalue weighted by molar-refractivity contribution is 0.415. The molecule has 8 aromatic carbocycles. The van der Waals surface area contributed by atoms with Crippen LogP contribution in [0.3, 0.4) is 0 Å². The van der Waals surface area contributed by atoms with E-state index in [2.05, 4.69) is 222 Å². The van der Waals surface area contributed by atoms with Gasteiger partial charge in [-0.2, -0.15) is 0 Å². The van der Waals surface area contributed by atoms with Crippen molar-refractivity contribution in [3.8, 4) is 44.5 Å². The molecule has 67 heavy (non-hydrogen) atoms. The van der Waals surface area contributed by atoms with Crippen LogP contribution >= 0.6 is 0 Å². The zero-order valence-corrected chi connectivity index (χ0v) is 41.5. The minimum Gasteiger partial charge on any atom is -0.0654 e. The maximum atomic E-state index is 2.51. The highest BCUT2D eigenvalue weighted by Crippen LogP contribution is 2.58. The molecule has 8 aromatic rings. The van der Waals surface area contributed by atoms with Crippen LogP contribution in [0.25, 0.3) is 44.5 Å². The number of rotatable bonds is 18. The normalized spacial score (nSPS) is 14.0. The molecule has 2 aliphatic rings. The second-order valence-electron chi connectivity index (χ2n) is 19.8. The molecule has 1 heteroatoms. The summed E-state index contributed by atoms with van der Waals surface area (Å²) in [5.41, 5.74) is 17.4. The molecule has 0 bridgehead atoms. The first-order valence-electron chi connectivity index (χ1n) is 25.8. The summed E-state index contributed by atoms with van der Waals surface area (Å²) in [4.78, 5) is 0. The van der Waals surface area contributed by atoms with Gasteiger partial charge in [0.05, 0.1) is 0 Å². The lowest BCUT2D eigenvalue weighted by Crippen LogP contribution is -2.74. The summed E-state index contributed by atoms with van der Waals surface area (Å²) in [7, 11) is -2.82. The quantitative estimate of drug-likeness (QED) is 0.0595. The predicted octanol–water partition coefficient (Wildman–Crippen LogP) is 15.7. The zero-order chi connectivity index (χ0) is 45.9. The molecule has 0 amide bonds. The maximum Gasteiger partial charge on any atom is 0.179 e. The number of hydrogen-bond donors (Lipinski definition) is 0.